The summed E-state index contributed by atoms with van der Waals surface area (Å²) >= 11 is 0. The number of aliphatic hydroxyl groups is 30. The third-order valence-corrected chi connectivity index (χ3v) is 24.5. The summed E-state index contributed by atoms with van der Waals surface area (Å²) in [6.07, 6.45) is -111. The Balaban J connectivity index is 1.01. The molecule has 0 aromatic rings. The molecule has 0 aromatic carbocycles. The molecule has 11 fully saturated rings. The number of hydrogen-bond donors (Lipinski definition) is 34. The van der Waals surface area contributed by atoms with Gasteiger partial charge in [0.15, 0.2) is 69.2 Å². The summed E-state index contributed by atoms with van der Waals surface area (Å²) in [5, 5.41) is 348. The molecule has 11 aliphatic heterocycles. The highest BCUT2D eigenvalue weighted by molar-refractivity contribution is 5.74. The summed E-state index contributed by atoms with van der Waals surface area (Å²) < 4.78 is 127. The van der Waals surface area contributed by atoms with E-state index in [-0.39, 0.29) is 0 Å². The molecule has 34 N–H and O–H groups in total. The molecule has 770 valence electrons. The zero-order valence-electron chi connectivity index (χ0n) is 71.4. The van der Waals surface area contributed by atoms with Crippen LogP contribution in [-0.2, 0) is 119 Å². The lowest BCUT2D eigenvalue weighted by Gasteiger charge is -2.53. The van der Waals surface area contributed by atoms with E-state index in [4.69, 9.17) is 99.5 Å². The fraction of sp³-hybridized carbons (Fsp3) is 0.946. The minimum Gasteiger partial charge on any atom is -0.394 e. The monoisotopic (exact) mass is 1950 g/mol. The lowest BCUT2D eigenvalue weighted by molar-refractivity contribution is -0.409. The highest BCUT2D eigenvalue weighted by Crippen LogP contribution is 2.42. The van der Waals surface area contributed by atoms with Crippen molar-refractivity contribution in [2.75, 3.05) is 66.1 Å². The first-order valence-electron chi connectivity index (χ1n) is 42.5. The van der Waals surface area contributed by atoms with Crippen LogP contribution in [0.2, 0.25) is 0 Å². The Morgan fingerprint density at radius 2 is 0.474 bits per heavy atom. The molecule has 0 spiro atoms. The van der Waals surface area contributed by atoms with Gasteiger partial charge in [0.2, 0.25) is 23.6 Å². The van der Waals surface area contributed by atoms with Crippen LogP contribution in [0.1, 0.15) is 34.6 Å². The average Bonchev–Trinajstić information content (AvgIpc) is 0.757. The number of aliphatic hydroxyl groups excluding tert-OH is 30. The quantitative estimate of drug-likeness (QED) is 0.0284. The van der Waals surface area contributed by atoms with Gasteiger partial charge in [0.1, 0.15) is 262 Å². The third-order valence-electron chi connectivity index (χ3n) is 24.5. The molecule has 11 rings (SSSR count). The van der Waals surface area contributed by atoms with E-state index in [0.29, 0.717) is 0 Å². The molecule has 11 aliphatic rings. The predicted molar refractivity (Wildman–Crippen MR) is 407 cm³/mol. The molecular weight excluding hydrogens is 1820 g/mol. The van der Waals surface area contributed by atoms with E-state index < -0.39 is 427 Å². The second-order valence-electron chi connectivity index (χ2n) is 33.8. The van der Waals surface area contributed by atoms with Gasteiger partial charge in [-0.1, -0.05) is 0 Å². The van der Waals surface area contributed by atoms with Crippen LogP contribution in [0.15, 0.2) is 0 Å². The molecule has 11 saturated heterocycles. The van der Waals surface area contributed by atoms with Crippen molar-refractivity contribution < 1.29 is 272 Å². The zero-order chi connectivity index (χ0) is 97.8. The van der Waals surface area contributed by atoms with Crippen LogP contribution in [0.3, 0.4) is 0 Å². The molecule has 0 saturated carbocycles. The molecule has 0 bridgehead atoms. The molecule has 0 radical (unpaired) electrons. The first kappa shape index (κ1) is 109. The van der Waals surface area contributed by atoms with Gasteiger partial charge in [-0.05, 0) is 6.92 Å². The molecule has 59 heteroatoms. The Bertz CT molecular complexity index is 3630. The van der Waals surface area contributed by atoms with Gasteiger partial charge in [0, 0.05) is 27.7 Å². The maximum absolute atomic E-state index is 13.9. The topological polar surface area (TPSA) is 917 Å². The molecule has 11 heterocycles. The van der Waals surface area contributed by atoms with Gasteiger partial charge in [-0.15, -0.1) is 0 Å². The SMILES string of the molecule is CC(=O)N[C@@H]1[C@@H](O)[C@H](O[C@@H]2O[C@H](CO)[C@@H](O[C@@H]3O[C@H](CO[C@H]4O[C@H](CO[C@H]5O[C@H](CO)[C@@H](O)[C@H](O)[C@@H]5O)[C@@H](O)[C@H](O[C@H]5O[C@H](CO)[C@@H](O)[C@H](O)[C@@H]5O)[C@@H]4O)[C@@H](O)[C@H](O[C@H]4O[C@H](CO)[C@@H](O[C@@H]5O[C@H](CO)[C@@H](O)[C@H](O)[C@H]5NC(C)=O)[C@H](O)[C@@H]4O[C@@H]4O[C@H](CO)[C@@H](O[C@@H]5O[C@H](CO)[C@H](O)[C@H](O)[C@H]5O)[C@H](O[C@@H]5O[C@@H](C)[C@@H](O)[C@@H](O)[C@@H]5O)[C@H]4NC(C)=O)[C@@H]3O)[C@H](O)[C@H]2NC(C)=O)[C@@H](CO)O[C@@H]1O. The lowest BCUT2D eigenvalue weighted by Crippen LogP contribution is -2.72. The predicted octanol–water partition coefficient (Wildman–Crippen LogP) is -23.4. The molecule has 133 heavy (non-hydrogen) atoms. The van der Waals surface area contributed by atoms with Gasteiger partial charge in [-0.2, -0.15) is 0 Å². The van der Waals surface area contributed by atoms with Crippen LogP contribution in [-0.4, -0.2) is 580 Å². The van der Waals surface area contributed by atoms with Crippen LogP contribution in [0.25, 0.3) is 0 Å². The first-order chi connectivity index (χ1) is 62.9. The van der Waals surface area contributed by atoms with Crippen molar-refractivity contribution >= 4 is 23.6 Å². The normalized spacial score (nSPS) is 50.1. The van der Waals surface area contributed by atoms with Crippen molar-refractivity contribution in [3.8, 4) is 0 Å². The summed E-state index contributed by atoms with van der Waals surface area (Å²) in [4.78, 5) is 52.2. The van der Waals surface area contributed by atoms with E-state index in [1.807, 2.05) is 0 Å². The summed E-state index contributed by atoms with van der Waals surface area (Å²) in [6, 6.07) is -7.85. The second kappa shape index (κ2) is 47.6. The standard InChI is InChI=1S/C74H124N4O55/c1-16-35(91)45(101)50(106)70(115-16)130-60-34(78-20(5)90)67(122-28(13-86)59(60)129-71-51(107)47(103)38(94)23(8-81)119-71)133-63-53(109)58(127-65-32(76-18(3)88)42(98)36(92)21(6-79)117-65)27(12-85)123-74(63)132-62-41(97)30(125-73(55(62)111)128-57-26(11-84)121-66(33(44(57)100)77-19(4)89)126-56-25(10-83)116-64(112)31(43(56)99)75-17(2)87)15-114-69-54(110)61(131-72-52(108)48(104)39(95)24(9-82)120-72)40(96)29(124-69)14-113-68-49(105)46(102)37(93)22(7-80)118-68/h16,21-74,79-86,91-112H,6-15H2,1-5H3,(H,75,87)(H,76,88)(H,77,89)(H,78,90)/t16-,21+,22+,23+,24+,25+,26+,27+,28+,29+,30+,31+,32+,33+,34+,35+,36+,37+,38-,39+,40+,41+,42+,43+,44+,45+,46-,47-,48-,49-,50-,51+,52-,53-,54-,55-,56+,57+,58+,59+,60+,61-,62-,63-,64-,65-,66-,67-,68-,69-,70-,71-,72+,73-,74+/m0/s1. The maximum Gasteiger partial charge on any atom is 0.217 e. The fourth-order valence-corrected chi connectivity index (χ4v) is 17.3. The van der Waals surface area contributed by atoms with E-state index >= 15 is 0 Å². The van der Waals surface area contributed by atoms with Crippen LogP contribution in [0, 0.1) is 0 Å². The Morgan fingerprint density at radius 1 is 0.211 bits per heavy atom. The number of carbonyl (C=O) groups is 4. The van der Waals surface area contributed by atoms with E-state index in [1.54, 1.807) is 0 Å². The van der Waals surface area contributed by atoms with Crippen molar-refractivity contribution in [2.45, 2.75) is 372 Å². The Morgan fingerprint density at radius 3 is 0.925 bits per heavy atom. The summed E-state index contributed by atoms with van der Waals surface area (Å²) in [5.41, 5.74) is 0. The van der Waals surface area contributed by atoms with Crippen LogP contribution >= 0.6 is 0 Å². The summed E-state index contributed by atoms with van der Waals surface area (Å²) in [6.45, 7) is -6.83. The van der Waals surface area contributed by atoms with Crippen molar-refractivity contribution in [2.24, 2.45) is 0 Å². The van der Waals surface area contributed by atoms with Gasteiger partial charge in [-0.3, -0.25) is 19.2 Å². The Hall–Kier alpha value is -4.16. The molecular formula is C74H124N4O55. The summed E-state index contributed by atoms with van der Waals surface area (Å²) in [5.74, 6) is -3.89. The van der Waals surface area contributed by atoms with Gasteiger partial charge < -0.3 is 274 Å². The Labute approximate surface area is 752 Å². The molecule has 0 unspecified atom stereocenters. The number of nitrogens with one attached hydrogen (secondary N) is 4. The molecule has 4 amide bonds. The number of amides is 4. The van der Waals surface area contributed by atoms with Crippen LogP contribution in [0.4, 0.5) is 0 Å². The van der Waals surface area contributed by atoms with E-state index in [0.717, 1.165) is 27.7 Å². The number of carbonyl (C=O) groups excluding carboxylic acids is 4. The Kier molecular flexibility index (Phi) is 39.1. The highest BCUT2D eigenvalue weighted by atomic mass is 16.8. The minimum atomic E-state index is -2.76. The number of hydrogen-bond acceptors (Lipinski definition) is 55. The molecule has 59 nitrogen and oxygen atoms in total. The van der Waals surface area contributed by atoms with Gasteiger partial charge >= 0.3 is 0 Å². The number of rotatable bonds is 34. The zero-order valence-corrected chi connectivity index (χ0v) is 71.4. The number of ether oxygens (including phenoxy) is 21. The fourth-order valence-electron chi connectivity index (χ4n) is 17.3. The van der Waals surface area contributed by atoms with Gasteiger partial charge in [0.25, 0.3) is 0 Å². The highest BCUT2D eigenvalue weighted by Gasteiger charge is 2.63. The smallest absolute Gasteiger partial charge is 0.217 e. The summed E-state index contributed by atoms with van der Waals surface area (Å²) in [7, 11) is 0. The second-order valence-corrected chi connectivity index (χ2v) is 33.8. The molecule has 55 atom stereocenters. The lowest BCUT2D eigenvalue weighted by atomic mass is 9.93. The minimum absolute atomic E-state index is 0.828. The van der Waals surface area contributed by atoms with Crippen LogP contribution < -0.4 is 21.3 Å². The molecule has 0 aliphatic carbocycles. The van der Waals surface area contributed by atoms with Gasteiger partial charge in [0.05, 0.1) is 72.2 Å². The maximum atomic E-state index is 13.9. The van der Waals surface area contributed by atoms with E-state index in [1.165, 1.54) is 6.92 Å². The van der Waals surface area contributed by atoms with Crippen molar-refractivity contribution in [1.29, 1.82) is 0 Å². The third kappa shape index (κ3) is 24.1. The average molecular weight is 1950 g/mol. The first-order valence-corrected chi connectivity index (χ1v) is 42.5. The molecule has 0 aromatic heterocycles. The van der Waals surface area contributed by atoms with Crippen molar-refractivity contribution in [3.05, 3.63) is 0 Å². The van der Waals surface area contributed by atoms with E-state index in [9.17, 15) is 172 Å². The van der Waals surface area contributed by atoms with Gasteiger partial charge in [-0.25, -0.2) is 0 Å². The van der Waals surface area contributed by atoms with Crippen LogP contribution in [0.5, 0.6) is 0 Å². The van der Waals surface area contributed by atoms with Crippen molar-refractivity contribution in [1.82, 2.24) is 21.3 Å². The largest absolute Gasteiger partial charge is 0.394 e. The van der Waals surface area contributed by atoms with E-state index in [2.05, 4.69) is 21.3 Å². The van der Waals surface area contributed by atoms with Crippen molar-refractivity contribution in [3.63, 3.8) is 0 Å².